The number of nitrogens with zero attached hydrogens (tertiary/aromatic N) is 4. The first-order valence-corrected chi connectivity index (χ1v) is 17.1. The Hall–Kier alpha value is -1.89. The van der Waals surface area contributed by atoms with Gasteiger partial charge in [-0.05, 0) is 67.5 Å². The lowest BCUT2D eigenvalue weighted by atomic mass is 10.0. The monoisotopic (exact) mass is 674 g/mol. The van der Waals surface area contributed by atoms with Crippen LogP contribution in [-0.2, 0) is 13.2 Å². The smallest absolute Gasteiger partial charge is 0.227 e. The van der Waals surface area contributed by atoms with Crippen molar-refractivity contribution >= 4 is 64.5 Å². The highest BCUT2D eigenvalue weighted by atomic mass is 127. The van der Waals surface area contributed by atoms with Crippen LogP contribution in [0, 0.1) is 0 Å². The fourth-order valence-electron chi connectivity index (χ4n) is 5.69. The lowest BCUT2D eigenvalue weighted by Crippen LogP contribution is -2.53. The maximum atomic E-state index is 9.62. The molecular weight excluding hydrogens is 643 g/mol. The molecule has 4 aromatic rings. The molecule has 0 bridgehead atoms. The Balaban J connectivity index is 1.31. The third-order valence-electron chi connectivity index (χ3n) is 7.45. The quantitative estimate of drug-likeness (QED) is 0.176. The first-order valence-electron chi connectivity index (χ1n) is 13.4. The van der Waals surface area contributed by atoms with Gasteiger partial charge in [0, 0.05) is 84.9 Å². The van der Waals surface area contributed by atoms with E-state index in [0.29, 0.717) is 34.7 Å². The number of benzene rings is 2. The molecule has 39 heavy (non-hydrogen) atoms. The standard InChI is InChI=1S/C29H32ClIN6OS/c1-17-12-36(13-18(2)33-17)14-20-7-22(21-4-5-21)10-23(8-20)34-29-32-11-26(30)28(35-29)25-15-37(39-31)27-9-19(16-38)3-6-24(25)27/h3,6-11,15,17-18,21,33,38H,4-5,12-14,16H2,1-2H3,(H,32,34,35)/t17-,18+. The molecule has 3 N–H and O–H groups in total. The SMILES string of the molecule is C[C@@H]1CN(Cc2cc(Nc3ncc(Cl)c(-c4cn(SI)c5cc(CO)ccc45)n3)cc(C3CC3)c2)C[C@H](C)N1. The molecule has 1 aliphatic heterocycles. The first-order chi connectivity index (χ1) is 18.9. The van der Waals surface area contributed by atoms with E-state index in [1.165, 1.54) is 24.0 Å². The number of piperazine rings is 1. The van der Waals surface area contributed by atoms with Crippen molar-refractivity contribution in [2.75, 3.05) is 18.4 Å². The third kappa shape index (κ3) is 6.08. The Labute approximate surface area is 250 Å². The summed E-state index contributed by atoms with van der Waals surface area (Å²) in [5.74, 6) is 1.17. The Kier molecular flexibility index (Phi) is 8.07. The average molecular weight is 675 g/mol. The van der Waals surface area contributed by atoms with Crippen LogP contribution in [0.15, 0.2) is 48.8 Å². The number of anilines is 2. The third-order valence-corrected chi connectivity index (χ3v) is 9.45. The number of aliphatic hydroxyl groups excluding tert-OH is 1. The molecular formula is C29H32ClIN6OS. The summed E-state index contributed by atoms with van der Waals surface area (Å²) in [5, 5.41) is 18.3. The fraction of sp³-hybridized carbons (Fsp3) is 0.379. The predicted molar refractivity (Wildman–Crippen MR) is 170 cm³/mol. The van der Waals surface area contributed by atoms with E-state index in [2.05, 4.69) is 77.7 Å². The summed E-state index contributed by atoms with van der Waals surface area (Å²) in [6.45, 7) is 7.54. The van der Waals surface area contributed by atoms with Gasteiger partial charge in [-0.2, -0.15) is 0 Å². The summed E-state index contributed by atoms with van der Waals surface area (Å²) in [6, 6.07) is 13.8. The van der Waals surface area contributed by atoms with Gasteiger partial charge in [-0.1, -0.05) is 29.8 Å². The van der Waals surface area contributed by atoms with Crippen LogP contribution in [0.1, 0.15) is 49.3 Å². The summed E-state index contributed by atoms with van der Waals surface area (Å²) in [4.78, 5) is 12.0. The minimum Gasteiger partial charge on any atom is -0.392 e. The number of aromatic nitrogens is 3. The van der Waals surface area contributed by atoms with Crippen molar-refractivity contribution in [1.29, 1.82) is 0 Å². The highest BCUT2D eigenvalue weighted by molar-refractivity contribution is 14.2. The van der Waals surface area contributed by atoms with E-state index >= 15 is 0 Å². The Morgan fingerprint density at radius 1 is 1.13 bits per heavy atom. The fourth-order valence-corrected chi connectivity index (χ4v) is 7.24. The van der Waals surface area contributed by atoms with Crippen LogP contribution in [-0.4, -0.2) is 49.1 Å². The van der Waals surface area contributed by atoms with Crippen molar-refractivity contribution in [3.8, 4) is 11.3 Å². The number of hydrogen-bond acceptors (Lipinski definition) is 7. The highest BCUT2D eigenvalue weighted by Gasteiger charge is 2.26. The van der Waals surface area contributed by atoms with Crippen LogP contribution in [0.2, 0.25) is 5.02 Å². The molecule has 1 saturated heterocycles. The molecule has 1 aliphatic carbocycles. The van der Waals surface area contributed by atoms with Gasteiger partial charge < -0.3 is 15.7 Å². The van der Waals surface area contributed by atoms with E-state index in [0.717, 1.165) is 47.4 Å². The zero-order chi connectivity index (χ0) is 27.1. The van der Waals surface area contributed by atoms with Crippen molar-refractivity contribution in [1.82, 2.24) is 24.2 Å². The van der Waals surface area contributed by atoms with Crippen LogP contribution < -0.4 is 10.6 Å². The van der Waals surface area contributed by atoms with Crippen molar-refractivity contribution in [2.45, 2.75) is 57.8 Å². The number of nitrogens with one attached hydrogen (secondary N) is 2. The summed E-state index contributed by atoms with van der Waals surface area (Å²) in [6.07, 6.45) is 6.22. The van der Waals surface area contributed by atoms with Gasteiger partial charge in [0.2, 0.25) is 5.95 Å². The second-order valence-electron chi connectivity index (χ2n) is 10.9. The van der Waals surface area contributed by atoms with E-state index in [-0.39, 0.29) is 6.61 Å². The number of fused-ring (bicyclic) bond motifs is 1. The zero-order valence-corrected chi connectivity index (χ0v) is 25.7. The zero-order valence-electron chi connectivity index (χ0n) is 22.0. The van der Waals surface area contributed by atoms with Crippen LogP contribution in [0.3, 0.4) is 0 Å². The minimum absolute atomic E-state index is 0.000688. The van der Waals surface area contributed by atoms with Gasteiger partial charge in [0.05, 0.1) is 29.0 Å². The van der Waals surface area contributed by atoms with Gasteiger partial charge in [-0.3, -0.25) is 8.87 Å². The van der Waals surface area contributed by atoms with Gasteiger partial charge in [-0.15, -0.1) is 0 Å². The lowest BCUT2D eigenvalue weighted by Gasteiger charge is -2.36. The normalized spacial score (nSPS) is 20.0. The topological polar surface area (TPSA) is 78.2 Å². The molecule has 0 spiro atoms. The summed E-state index contributed by atoms with van der Waals surface area (Å²) >= 11 is 8.91. The Morgan fingerprint density at radius 2 is 1.92 bits per heavy atom. The number of rotatable bonds is 8. The largest absolute Gasteiger partial charge is 0.392 e. The highest BCUT2D eigenvalue weighted by Crippen LogP contribution is 2.42. The van der Waals surface area contributed by atoms with Gasteiger partial charge in [0.25, 0.3) is 0 Å². The maximum Gasteiger partial charge on any atom is 0.227 e. The molecule has 6 rings (SSSR count). The van der Waals surface area contributed by atoms with E-state index in [1.807, 2.05) is 24.4 Å². The molecule has 2 aliphatic rings. The van der Waals surface area contributed by atoms with Crippen LogP contribution >= 0.6 is 41.9 Å². The van der Waals surface area contributed by atoms with E-state index in [9.17, 15) is 5.11 Å². The van der Waals surface area contributed by atoms with Crippen molar-refractivity contribution in [3.63, 3.8) is 0 Å². The molecule has 2 fully saturated rings. The van der Waals surface area contributed by atoms with Crippen molar-refractivity contribution in [2.24, 2.45) is 0 Å². The summed E-state index contributed by atoms with van der Waals surface area (Å²) < 4.78 is 2.07. The van der Waals surface area contributed by atoms with Crippen LogP contribution in [0.4, 0.5) is 11.6 Å². The second-order valence-corrected chi connectivity index (χ2v) is 13.0. The van der Waals surface area contributed by atoms with Crippen LogP contribution in [0.25, 0.3) is 22.2 Å². The predicted octanol–water partition coefficient (Wildman–Crippen LogP) is 6.89. The molecule has 204 valence electrons. The molecule has 10 heteroatoms. The molecule has 3 heterocycles. The molecule has 2 aromatic carbocycles. The molecule has 0 amide bonds. The Morgan fingerprint density at radius 3 is 2.64 bits per heavy atom. The number of halogens is 2. The van der Waals surface area contributed by atoms with E-state index in [4.69, 9.17) is 16.6 Å². The second kappa shape index (κ2) is 11.5. The molecule has 7 nitrogen and oxygen atoms in total. The van der Waals surface area contributed by atoms with Gasteiger partial charge in [0.1, 0.15) is 0 Å². The van der Waals surface area contributed by atoms with Gasteiger partial charge in [-0.25, -0.2) is 9.97 Å². The number of aliphatic hydroxyl groups is 1. The first kappa shape index (κ1) is 27.3. The van der Waals surface area contributed by atoms with Gasteiger partial charge >= 0.3 is 0 Å². The molecule has 2 aromatic heterocycles. The minimum atomic E-state index is -0.000688. The molecule has 2 atom stereocenters. The van der Waals surface area contributed by atoms with Crippen molar-refractivity contribution < 1.29 is 5.11 Å². The lowest BCUT2D eigenvalue weighted by molar-refractivity contribution is 0.166. The molecule has 1 saturated carbocycles. The summed E-state index contributed by atoms with van der Waals surface area (Å²) in [5.41, 5.74) is 7.22. The van der Waals surface area contributed by atoms with Crippen molar-refractivity contribution in [3.05, 3.63) is 70.5 Å². The van der Waals surface area contributed by atoms with E-state index < -0.39 is 0 Å². The average Bonchev–Trinajstić information content (AvgIpc) is 3.70. The van der Waals surface area contributed by atoms with Gasteiger partial charge in [0.15, 0.2) is 0 Å². The van der Waals surface area contributed by atoms with Crippen LogP contribution in [0.5, 0.6) is 0 Å². The summed E-state index contributed by atoms with van der Waals surface area (Å²) in [7, 11) is 1.57. The molecule has 0 unspecified atom stereocenters. The maximum absolute atomic E-state index is 9.62. The molecule has 0 radical (unpaired) electrons. The number of hydrogen-bond donors (Lipinski definition) is 3. The Bertz CT molecular complexity index is 1500. The van der Waals surface area contributed by atoms with E-state index in [1.54, 1.807) is 15.3 Å².